The maximum absolute atomic E-state index is 11.5. The lowest BCUT2D eigenvalue weighted by Gasteiger charge is -2.18. The molecular weight excluding hydrogens is 196 g/mol. The summed E-state index contributed by atoms with van der Waals surface area (Å²) in [6.07, 6.45) is 0.286. The predicted molar refractivity (Wildman–Crippen MR) is 52.6 cm³/mol. The highest BCUT2D eigenvalue weighted by Crippen LogP contribution is 2.32. The van der Waals surface area contributed by atoms with Crippen molar-refractivity contribution in [2.24, 2.45) is 0 Å². The molecular formula is C11H10O4. The Morgan fingerprint density at radius 1 is 1.47 bits per heavy atom. The molecule has 0 fully saturated rings. The zero-order valence-electron chi connectivity index (χ0n) is 8.24. The van der Waals surface area contributed by atoms with Gasteiger partial charge in [-0.05, 0) is 19.1 Å². The number of hydrogen-bond donors (Lipinski definition) is 1. The topological polar surface area (TPSA) is 63.6 Å². The molecule has 0 saturated carbocycles. The average molecular weight is 206 g/mol. The average Bonchev–Trinajstić information content (AvgIpc) is 2.18. The van der Waals surface area contributed by atoms with Gasteiger partial charge in [0.25, 0.3) is 0 Å². The zero-order valence-corrected chi connectivity index (χ0v) is 8.24. The van der Waals surface area contributed by atoms with Crippen LogP contribution in [0.5, 0.6) is 11.5 Å². The second kappa shape index (κ2) is 3.38. The Morgan fingerprint density at radius 3 is 2.87 bits per heavy atom. The monoisotopic (exact) mass is 206 g/mol. The van der Waals surface area contributed by atoms with E-state index in [4.69, 9.17) is 4.74 Å². The third kappa shape index (κ3) is 1.58. The van der Waals surface area contributed by atoms with Gasteiger partial charge < -0.3 is 9.84 Å². The van der Waals surface area contributed by atoms with Gasteiger partial charge in [0.2, 0.25) is 0 Å². The molecule has 4 heteroatoms. The first-order valence-corrected chi connectivity index (χ1v) is 4.63. The van der Waals surface area contributed by atoms with Gasteiger partial charge >= 0.3 is 0 Å². The quantitative estimate of drug-likeness (QED) is 0.708. The summed E-state index contributed by atoms with van der Waals surface area (Å²) in [5.74, 6) is -0.110. The highest BCUT2D eigenvalue weighted by Gasteiger charge is 2.24. The number of carbonyl (C=O) groups is 2. The minimum Gasteiger partial charge on any atom is -0.508 e. The van der Waals surface area contributed by atoms with Crippen LogP contribution < -0.4 is 4.74 Å². The molecule has 0 aromatic heterocycles. The lowest BCUT2D eigenvalue weighted by molar-refractivity contribution is 0.0930. The van der Waals surface area contributed by atoms with Crippen molar-refractivity contribution in [1.82, 2.24) is 0 Å². The molecule has 0 radical (unpaired) electrons. The third-order valence-corrected chi connectivity index (χ3v) is 2.33. The van der Waals surface area contributed by atoms with Crippen molar-refractivity contribution >= 4 is 11.6 Å². The number of Topliss-reactive ketones (excluding diaryl/α,β-unsaturated/α-hetero) is 2. The maximum atomic E-state index is 11.5. The number of benzene rings is 1. The lowest BCUT2D eigenvalue weighted by Crippen LogP contribution is -2.17. The first-order valence-electron chi connectivity index (χ1n) is 4.63. The Balaban J connectivity index is 2.67. The fourth-order valence-corrected chi connectivity index (χ4v) is 1.62. The van der Waals surface area contributed by atoms with Gasteiger partial charge in [0.1, 0.15) is 11.5 Å². The number of rotatable bonds is 1. The van der Waals surface area contributed by atoms with E-state index in [0.29, 0.717) is 11.3 Å². The van der Waals surface area contributed by atoms with Crippen molar-refractivity contribution in [1.29, 1.82) is 0 Å². The normalized spacial score (nSPS) is 14.3. The molecule has 78 valence electrons. The van der Waals surface area contributed by atoms with E-state index in [9.17, 15) is 14.7 Å². The van der Waals surface area contributed by atoms with Crippen molar-refractivity contribution in [2.75, 3.05) is 6.61 Å². The van der Waals surface area contributed by atoms with Crippen molar-refractivity contribution in [3.63, 3.8) is 0 Å². The maximum Gasteiger partial charge on any atom is 0.170 e. The third-order valence-electron chi connectivity index (χ3n) is 2.33. The zero-order chi connectivity index (χ0) is 11.0. The summed E-state index contributed by atoms with van der Waals surface area (Å²) in [4.78, 5) is 22.8. The van der Waals surface area contributed by atoms with E-state index in [-0.39, 0.29) is 35.9 Å². The fraction of sp³-hybridized carbons (Fsp3) is 0.273. The Hall–Kier alpha value is -1.84. The van der Waals surface area contributed by atoms with Gasteiger partial charge in [0.15, 0.2) is 11.6 Å². The Labute approximate surface area is 86.5 Å². The lowest BCUT2D eigenvalue weighted by atomic mass is 9.99. The molecule has 0 amide bonds. The van der Waals surface area contributed by atoms with Crippen molar-refractivity contribution in [3.05, 3.63) is 23.3 Å². The van der Waals surface area contributed by atoms with Gasteiger partial charge in [-0.3, -0.25) is 9.59 Å². The van der Waals surface area contributed by atoms with Crippen LogP contribution in [0, 0.1) is 0 Å². The predicted octanol–water partition coefficient (Wildman–Crippen LogP) is 1.56. The van der Waals surface area contributed by atoms with E-state index in [1.54, 1.807) is 0 Å². The minimum atomic E-state index is -0.225. The number of hydrogen-bond acceptors (Lipinski definition) is 4. The Morgan fingerprint density at radius 2 is 2.20 bits per heavy atom. The van der Waals surface area contributed by atoms with Crippen LogP contribution in [0.25, 0.3) is 0 Å². The van der Waals surface area contributed by atoms with Crippen molar-refractivity contribution in [3.8, 4) is 11.5 Å². The molecule has 0 unspecified atom stereocenters. The molecule has 0 aliphatic carbocycles. The Bertz CT molecular complexity index is 431. The van der Waals surface area contributed by atoms with Crippen LogP contribution in [0.1, 0.15) is 34.1 Å². The highest BCUT2D eigenvalue weighted by molar-refractivity contribution is 6.06. The van der Waals surface area contributed by atoms with Crippen molar-refractivity contribution < 1.29 is 19.4 Å². The van der Waals surface area contributed by atoms with Crippen molar-refractivity contribution in [2.45, 2.75) is 13.3 Å². The first kappa shape index (κ1) is 9.71. The van der Waals surface area contributed by atoms with Gasteiger partial charge in [0, 0.05) is 6.42 Å². The van der Waals surface area contributed by atoms with Gasteiger partial charge in [-0.25, -0.2) is 0 Å². The van der Waals surface area contributed by atoms with Crippen LogP contribution in [-0.2, 0) is 0 Å². The van der Waals surface area contributed by atoms with E-state index >= 15 is 0 Å². The summed E-state index contributed by atoms with van der Waals surface area (Å²) in [7, 11) is 0. The van der Waals surface area contributed by atoms with E-state index in [2.05, 4.69) is 0 Å². The van der Waals surface area contributed by atoms with E-state index in [1.807, 2.05) is 0 Å². The summed E-state index contributed by atoms with van der Waals surface area (Å²) in [6, 6.07) is 2.66. The van der Waals surface area contributed by atoms with E-state index < -0.39 is 0 Å². The van der Waals surface area contributed by atoms with Gasteiger partial charge in [-0.2, -0.15) is 0 Å². The number of phenols is 1. The number of fused-ring (bicyclic) bond motifs is 1. The summed E-state index contributed by atoms with van der Waals surface area (Å²) in [5.41, 5.74) is 0.560. The largest absolute Gasteiger partial charge is 0.508 e. The van der Waals surface area contributed by atoms with Crippen LogP contribution in [-0.4, -0.2) is 23.3 Å². The van der Waals surface area contributed by atoms with Crippen LogP contribution >= 0.6 is 0 Å². The van der Waals surface area contributed by atoms with Crippen LogP contribution in [0.2, 0.25) is 0 Å². The summed E-state index contributed by atoms with van der Waals surface area (Å²) in [6.45, 7) is 1.66. The highest BCUT2D eigenvalue weighted by atomic mass is 16.5. The van der Waals surface area contributed by atoms with Gasteiger partial charge in [0.05, 0.1) is 17.7 Å². The summed E-state index contributed by atoms with van der Waals surface area (Å²) >= 11 is 0. The molecule has 0 bridgehead atoms. The summed E-state index contributed by atoms with van der Waals surface area (Å²) in [5, 5.41) is 9.38. The Kier molecular flexibility index (Phi) is 2.19. The fourth-order valence-electron chi connectivity index (χ4n) is 1.62. The summed E-state index contributed by atoms with van der Waals surface area (Å²) < 4.78 is 5.29. The molecule has 0 atom stereocenters. The second-order valence-corrected chi connectivity index (χ2v) is 3.45. The molecule has 4 nitrogen and oxygen atoms in total. The van der Waals surface area contributed by atoms with Crippen LogP contribution in [0.3, 0.4) is 0 Å². The minimum absolute atomic E-state index is 0.0854. The van der Waals surface area contributed by atoms with Crippen LogP contribution in [0.15, 0.2) is 12.1 Å². The molecule has 1 heterocycles. The molecule has 2 rings (SSSR count). The van der Waals surface area contributed by atoms with Gasteiger partial charge in [-0.1, -0.05) is 0 Å². The number of aromatic hydroxyl groups is 1. The molecule has 1 aromatic carbocycles. The molecule has 0 saturated heterocycles. The first-order chi connectivity index (χ1) is 7.09. The molecule has 1 N–H and O–H groups in total. The van der Waals surface area contributed by atoms with E-state index in [1.165, 1.54) is 19.1 Å². The smallest absolute Gasteiger partial charge is 0.170 e. The second-order valence-electron chi connectivity index (χ2n) is 3.45. The molecule has 15 heavy (non-hydrogen) atoms. The van der Waals surface area contributed by atoms with Crippen LogP contribution in [0.4, 0.5) is 0 Å². The number of ketones is 2. The molecule has 1 aromatic rings. The van der Waals surface area contributed by atoms with Gasteiger partial charge in [-0.15, -0.1) is 0 Å². The molecule has 1 aliphatic rings. The molecule has 1 aliphatic heterocycles. The number of carbonyl (C=O) groups excluding carboxylic acids is 2. The molecule has 0 spiro atoms. The van der Waals surface area contributed by atoms with E-state index in [0.717, 1.165) is 0 Å². The standard InChI is InChI=1S/C11H10O4/c1-6(12)8-4-7(13)5-9-10(14)2-3-15-11(8)9/h4-5,13H,2-3H2,1H3. The number of ether oxygens (including phenoxy) is 1. The number of phenolic OH excluding ortho intramolecular Hbond substituents is 1. The SMILES string of the molecule is CC(=O)c1cc(O)cc2c1OCCC2=O.